The van der Waals surface area contributed by atoms with E-state index in [4.69, 9.17) is 42.1 Å². The number of rotatable bonds is 13. The molecule has 11 heteroatoms. The molecule has 2 aromatic rings. The van der Waals surface area contributed by atoms with Crippen molar-refractivity contribution >= 4 is 46.3 Å². The summed E-state index contributed by atoms with van der Waals surface area (Å²) in [6, 6.07) is 4.99. The van der Waals surface area contributed by atoms with E-state index in [1.807, 2.05) is 0 Å². The molecule has 2 aromatic carbocycles. The maximum absolute atomic E-state index is 13.1. The van der Waals surface area contributed by atoms with Crippen LogP contribution in [0.1, 0.15) is 34.6 Å². The van der Waals surface area contributed by atoms with Crippen molar-refractivity contribution in [2.24, 2.45) is 10.2 Å². The lowest BCUT2D eigenvalue weighted by Gasteiger charge is -2.17. The molecule has 1 atom stereocenters. The summed E-state index contributed by atoms with van der Waals surface area (Å²) in [7, 11) is 0. The summed E-state index contributed by atoms with van der Waals surface area (Å²) in [4.78, 5) is 25.5. The Morgan fingerprint density at radius 1 is 0.857 bits per heavy atom. The number of amides is 1. The van der Waals surface area contributed by atoms with Gasteiger partial charge in [0.2, 0.25) is 6.04 Å². The molecule has 0 fully saturated rings. The van der Waals surface area contributed by atoms with Crippen LogP contribution < -0.4 is 24.3 Å². The third-order valence-electron chi connectivity index (χ3n) is 4.46. The van der Waals surface area contributed by atoms with Crippen molar-refractivity contribution in [3.63, 3.8) is 0 Å². The molecule has 0 heterocycles. The Kier molecular flexibility index (Phi) is 11.1. The van der Waals surface area contributed by atoms with Crippen LogP contribution in [-0.2, 0) is 9.59 Å². The van der Waals surface area contributed by atoms with Crippen molar-refractivity contribution in [2.45, 2.75) is 40.7 Å². The highest BCUT2D eigenvalue weighted by atomic mass is 35.5. The molecule has 1 N–H and O–H groups in total. The van der Waals surface area contributed by atoms with Crippen LogP contribution in [0.4, 0.5) is 11.4 Å². The topological polar surface area (TPSA) is 108 Å². The number of hydrogen-bond acceptors (Lipinski definition) is 8. The van der Waals surface area contributed by atoms with Gasteiger partial charge in [-0.2, -0.15) is 5.11 Å². The number of hydrogen-bond donors (Lipinski definition) is 1. The van der Waals surface area contributed by atoms with Gasteiger partial charge in [0.05, 0.1) is 31.5 Å². The van der Waals surface area contributed by atoms with Crippen molar-refractivity contribution in [2.75, 3.05) is 31.7 Å². The van der Waals surface area contributed by atoms with Crippen LogP contribution in [0.3, 0.4) is 0 Å². The van der Waals surface area contributed by atoms with Crippen molar-refractivity contribution in [3.8, 4) is 23.0 Å². The van der Waals surface area contributed by atoms with Crippen molar-refractivity contribution in [1.29, 1.82) is 0 Å². The minimum absolute atomic E-state index is 0.137. The monoisotopic (exact) mass is 525 g/mol. The number of nitrogens with one attached hydrogen (secondary N) is 1. The number of carbonyl (C=O) groups excluding carboxylic acids is 2. The Balaban J connectivity index is 2.46. The molecule has 0 aliphatic heterocycles. The van der Waals surface area contributed by atoms with E-state index >= 15 is 0 Å². The second-order valence-electron chi connectivity index (χ2n) is 6.92. The molecule has 2 rings (SSSR count). The maximum Gasteiger partial charge on any atom is 0.258 e. The molecule has 0 spiro atoms. The van der Waals surface area contributed by atoms with Gasteiger partial charge in [-0.15, -0.1) is 5.11 Å². The lowest BCUT2D eigenvalue weighted by Crippen LogP contribution is -2.32. The zero-order valence-electron chi connectivity index (χ0n) is 20.3. The molecule has 0 aliphatic rings. The first-order chi connectivity index (χ1) is 16.8. The van der Waals surface area contributed by atoms with E-state index in [0.29, 0.717) is 43.7 Å². The molecular weight excluding hydrogens is 497 g/mol. The summed E-state index contributed by atoms with van der Waals surface area (Å²) in [5, 5.41) is 11.2. The molecule has 1 unspecified atom stereocenters. The SMILES string of the molecule is CCOc1ccc(OCC)c(NC(=O)C(N=Nc2c(OCC)ccc(Cl)c2OCC)C(C)=O)c1Cl. The highest BCUT2D eigenvalue weighted by Gasteiger charge is 2.27. The van der Waals surface area contributed by atoms with E-state index in [9.17, 15) is 9.59 Å². The van der Waals surface area contributed by atoms with Crippen LogP contribution in [0.2, 0.25) is 10.0 Å². The Morgan fingerprint density at radius 3 is 2.00 bits per heavy atom. The number of azo groups is 1. The van der Waals surface area contributed by atoms with Gasteiger partial charge in [0.15, 0.2) is 23.0 Å². The van der Waals surface area contributed by atoms with E-state index < -0.39 is 17.7 Å². The van der Waals surface area contributed by atoms with Gasteiger partial charge in [-0.25, -0.2) is 0 Å². The smallest absolute Gasteiger partial charge is 0.258 e. The van der Waals surface area contributed by atoms with Crippen molar-refractivity contribution in [1.82, 2.24) is 0 Å². The Morgan fingerprint density at radius 2 is 1.40 bits per heavy atom. The number of carbonyl (C=O) groups is 2. The molecule has 0 bridgehead atoms. The minimum Gasteiger partial charge on any atom is -0.492 e. The summed E-state index contributed by atoms with van der Waals surface area (Å²) < 4.78 is 22.3. The van der Waals surface area contributed by atoms with Crippen LogP contribution in [0, 0.1) is 0 Å². The number of halogens is 2. The lowest BCUT2D eigenvalue weighted by molar-refractivity contribution is -0.126. The van der Waals surface area contributed by atoms with Gasteiger partial charge in [-0.05, 0) is 58.9 Å². The highest BCUT2D eigenvalue weighted by Crippen LogP contribution is 2.43. The maximum atomic E-state index is 13.1. The van der Waals surface area contributed by atoms with E-state index in [1.165, 1.54) is 6.92 Å². The normalized spacial score (nSPS) is 11.7. The van der Waals surface area contributed by atoms with Gasteiger partial charge >= 0.3 is 0 Å². The zero-order chi connectivity index (χ0) is 26.0. The first kappa shape index (κ1) is 28.2. The summed E-state index contributed by atoms with van der Waals surface area (Å²) >= 11 is 12.7. The lowest BCUT2D eigenvalue weighted by atomic mass is 10.2. The van der Waals surface area contributed by atoms with Crippen LogP contribution in [-0.4, -0.2) is 44.2 Å². The van der Waals surface area contributed by atoms with Gasteiger partial charge in [0.1, 0.15) is 22.2 Å². The number of benzene rings is 2. The summed E-state index contributed by atoms with van der Waals surface area (Å²) in [6.45, 7) is 9.78. The summed E-state index contributed by atoms with van der Waals surface area (Å²) in [5.74, 6) is -0.0401. The highest BCUT2D eigenvalue weighted by molar-refractivity contribution is 6.36. The zero-order valence-corrected chi connectivity index (χ0v) is 21.8. The molecule has 0 aromatic heterocycles. The number of Topliss-reactive ketones (excluding diaryl/α,β-unsaturated/α-hetero) is 1. The molecule has 0 radical (unpaired) electrons. The Hall–Kier alpha value is -3.04. The third-order valence-corrected chi connectivity index (χ3v) is 5.13. The van der Waals surface area contributed by atoms with Crippen LogP contribution >= 0.6 is 23.2 Å². The fourth-order valence-corrected chi connectivity index (χ4v) is 3.47. The van der Waals surface area contributed by atoms with Crippen molar-refractivity contribution in [3.05, 3.63) is 34.3 Å². The average molecular weight is 526 g/mol. The molecule has 190 valence electrons. The summed E-state index contributed by atoms with van der Waals surface area (Å²) in [6.07, 6.45) is 0. The standard InChI is InChI=1S/C24H29Cl2N3O6/c1-6-32-16-12-13-17(33-7-2)21(19(16)26)27-24(31)20(14(5)30)28-29-22-18(34-8-3)11-10-15(25)23(22)35-9-4/h10-13,20H,6-9H2,1-5H3,(H,27,31). The fraction of sp³-hybridized carbons (Fsp3) is 0.417. The fourth-order valence-electron chi connectivity index (χ4n) is 3.00. The number of ether oxygens (including phenoxy) is 4. The van der Waals surface area contributed by atoms with Gasteiger partial charge in [-0.1, -0.05) is 23.2 Å². The van der Waals surface area contributed by atoms with Gasteiger partial charge in [0, 0.05) is 0 Å². The van der Waals surface area contributed by atoms with E-state index in [0.717, 1.165) is 0 Å². The number of ketones is 1. The molecule has 0 aliphatic carbocycles. The third kappa shape index (κ3) is 7.22. The second-order valence-corrected chi connectivity index (χ2v) is 7.71. The number of nitrogens with zero attached hydrogens (tertiary/aromatic N) is 2. The van der Waals surface area contributed by atoms with Gasteiger partial charge < -0.3 is 24.3 Å². The molecule has 0 saturated heterocycles. The van der Waals surface area contributed by atoms with E-state index in [1.54, 1.807) is 52.0 Å². The first-order valence-corrected chi connectivity index (χ1v) is 11.9. The minimum atomic E-state index is -1.49. The predicted molar refractivity (Wildman–Crippen MR) is 135 cm³/mol. The first-order valence-electron chi connectivity index (χ1n) is 11.2. The van der Waals surface area contributed by atoms with Gasteiger partial charge in [0.25, 0.3) is 5.91 Å². The van der Waals surface area contributed by atoms with Crippen LogP contribution in [0.5, 0.6) is 23.0 Å². The van der Waals surface area contributed by atoms with Gasteiger partial charge in [-0.3, -0.25) is 9.59 Å². The van der Waals surface area contributed by atoms with Crippen molar-refractivity contribution < 1.29 is 28.5 Å². The second kappa shape index (κ2) is 13.7. The predicted octanol–water partition coefficient (Wildman–Crippen LogP) is 6.27. The molecule has 9 nitrogen and oxygen atoms in total. The molecule has 1 amide bonds. The summed E-state index contributed by atoms with van der Waals surface area (Å²) in [5.41, 5.74) is 0.338. The van der Waals surface area contributed by atoms with Crippen LogP contribution in [0.15, 0.2) is 34.5 Å². The Bertz CT molecular complexity index is 1080. The van der Waals surface area contributed by atoms with E-state index in [2.05, 4.69) is 15.5 Å². The molecule has 35 heavy (non-hydrogen) atoms. The quantitative estimate of drug-likeness (QED) is 0.244. The van der Waals surface area contributed by atoms with Crippen LogP contribution in [0.25, 0.3) is 0 Å². The number of anilines is 1. The molecule has 0 saturated carbocycles. The average Bonchev–Trinajstić information content (AvgIpc) is 2.81. The molecular formula is C24H29Cl2N3O6. The van der Waals surface area contributed by atoms with E-state index in [-0.39, 0.29) is 27.2 Å². The largest absolute Gasteiger partial charge is 0.492 e. The Labute approximate surface area is 214 Å².